The van der Waals surface area contributed by atoms with Crippen LogP contribution >= 0.6 is 0 Å². The monoisotopic (exact) mass is 281 g/mol. The van der Waals surface area contributed by atoms with Crippen molar-refractivity contribution in [3.05, 3.63) is 41.7 Å². The number of aromatic nitrogens is 2. The van der Waals surface area contributed by atoms with Crippen molar-refractivity contribution in [1.82, 2.24) is 9.78 Å². The van der Waals surface area contributed by atoms with Crippen molar-refractivity contribution in [2.24, 2.45) is 0 Å². The van der Waals surface area contributed by atoms with Gasteiger partial charge in [-0.05, 0) is 36.6 Å². The number of benzene rings is 1. The lowest BCUT2D eigenvalue weighted by Gasteiger charge is -2.04. The van der Waals surface area contributed by atoms with Crippen molar-refractivity contribution in [3.63, 3.8) is 0 Å². The van der Waals surface area contributed by atoms with Gasteiger partial charge in [0.15, 0.2) is 0 Å². The van der Waals surface area contributed by atoms with Gasteiger partial charge >= 0.3 is 0 Å². The zero-order valence-corrected chi connectivity index (χ0v) is 13.0. The van der Waals surface area contributed by atoms with E-state index >= 15 is 0 Å². The maximum atomic E-state index is 9.02. The fourth-order valence-electron chi connectivity index (χ4n) is 2.50. The van der Waals surface area contributed by atoms with Crippen molar-refractivity contribution >= 4 is 0 Å². The first-order valence-electron chi connectivity index (χ1n) is 7.78. The van der Waals surface area contributed by atoms with E-state index in [9.17, 15) is 0 Å². The quantitative estimate of drug-likeness (QED) is 0.690. The summed E-state index contributed by atoms with van der Waals surface area (Å²) in [6, 6.07) is 7.99. The van der Waals surface area contributed by atoms with Gasteiger partial charge in [-0.15, -0.1) is 0 Å². The van der Waals surface area contributed by atoms with Crippen LogP contribution in [0.2, 0.25) is 0 Å². The third-order valence-electron chi connectivity index (χ3n) is 3.80. The fourth-order valence-corrected chi connectivity index (χ4v) is 2.50. The first-order valence-corrected chi connectivity index (χ1v) is 7.78. The Kier molecular flexibility index (Phi) is 5.57. The van der Waals surface area contributed by atoms with Crippen LogP contribution < -0.4 is 0 Å². The number of unbranched alkanes of at least 4 members (excludes halogenated alkanes) is 4. The van der Waals surface area contributed by atoms with E-state index in [0.29, 0.717) is 5.56 Å². The molecule has 3 nitrogen and oxygen atoms in total. The molecule has 21 heavy (non-hydrogen) atoms. The molecule has 0 atom stereocenters. The lowest BCUT2D eigenvalue weighted by atomic mass is 10.0. The molecule has 1 aromatic heterocycles. The van der Waals surface area contributed by atoms with Gasteiger partial charge in [-0.2, -0.15) is 10.4 Å². The Hall–Kier alpha value is -2.08. The second-order valence-electron chi connectivity index (χ2n) is 5.55. The summed E-state index contributed by atoms with van der Waals surface area (Å²) in [5.41, 5.74) is 4.07. The molecule has 0 saturated heterocycles. The predicted molar refractivity (Wildman–Crippen MR) is 85.9 cm³/mol. The highest BCUT2D eigenvalue weighted by Crippen LogP contribution is 2.24. The molecule has 110 valence electrons. The van der Waals surface area contributed by atoms with Gasteiger partial charge in [0, 0.05) is 18.3 Å². The Morgan fingerprint density at radius 2 is 2.00 bits per heavy atom. The molecule has 0 saturated carbocycles. The van der Waals surface area contributed by atoms with Crippen LogP contribution in [0.3, 0.4) is 0 Å². The summed E-state index contributed by atoms with van der Waals surface area (Å²) in [6.07, 6.45) is 10.3. The summed E-state index contributed by atoms with van der Waals surface area (Å²) >= 11 is 0. The summed E-state index contributed by atoms with van der Waals surface area (Å²) in [4.78, 5) is 0. The van der Waals surface area contributed by atoms with E-state index in [2.05, 4.69) is 31.2 Å². The zero-order chi connectivity index (χ0) is 15.1. The van der Waals surface area contributed by atoms with Gasteiger partial charge in [0.2, 0.25) is 0 Å². The molecule has 0 aliphatic heterocycles. The minimum absolute atomic E-state index is 0.697. The molecule has 3 heteroatoms. The summed E-state index contributed by atoms with van der Waals surface area (Å²) < 4.78 is 2.01. The smallest absolute Gasteiger partial charge is 0.0991 e. The molecule has 0 bridgehead atoms. The lowest BCUT2D eigenvalue weighted by molar-refractivity contribution is 0.533. The van der Waals surface area contributed by atoms with Crippen LogP contribution in [0.25, 0.3) is 11.1 Å². The molecule has 1 aromatic carbocycles. The second-order valence-corrected chi connectivity index (χ2v) is 5.55. The number of hydrogen-bond donors (Lipinski definition) is 0. The van der Waals surface area contributed by atoms with Gasteiger partial charge in [0.1, 0.15) is 0 Å². The van der Waals surface area contributed by atoms with E-state index < -0.39 is 0 Å². The van der Waals surface area contributed by atoms with E-state index in [4.69, 9.17) is 5.26 Å². The SMILES string of the molecule is CCCCCCCn1cc(-c2cc(C#N)ccc2C)cn1. The molecule has 0 amide bonds. The molecular formula is C18H23N3. The molecule has 0 N–H and O–H groups in total. The van der Waals surface area contributed by atoms with Crippen molar-refractivity contribution < 1.29 is 0 Å². The normalized spacial score (nSPS) is 10.5. The van der Waals surface area contributed by atoms with Crippen LogP contribution in [0, 0.1) is 18.3 Å². The van der Waals surface area contributed by atoms with Gasteiger partial charge in [-0.1, -0.05) is 38.7 Å². The molecule has 0 aliphatic carbocycles. The lowest BCUT2D eigenvalue weighted by Crippen LogP contribution is -1.97. The first-order chi connectivity index (χ1) is 10.2. The zero-order valence-electron chi connectivity index (χ0n) is 13.0. The van der Waals surface area contributed by atoms with E-state index in [1.165, 1.54) is 37.7 Å². The molecule has 2 rings (SSSR count). The second kappa shape index (κ2) is 7.64. The minimum atomic E-state index is 0.697. The Morgan fingerprint density at radius 3 is 2.76 bits per heavy atom. The van der Waals surface area contributed by atoms with Crippen LogP contribution in [0.4, 0.5) is 0 Å². The number of hydrogen-bond acceptors (Lipinski definition) is 2. The highest BCUT2D eigenvalue weighted by atomic mass is 15.3. The molecule has 0 radical (unpaired) electrons. The fraction of sp³-hybridized carbons (Fsp3) is 0.444. The van der Waals surface area contributed by atoms with Crippen molar-refractivity contribution in [3.8, 4) is 17.2 Å². The average molecular weight is 281 g/mol. The predicted octanol–water partition coefficient (Wildman–Crippen LogP) is 4.70. The summed E-state index contributed by atoms with van der Waals surface area (Å²) in [6.45, 7) is 5.27. The summed E-state index contributed by atoms with van der Waals surface area (Å²) in [7, 11) is 0. The summed E-state index contributed by atoms with van der Waals surface area (Å²) in [5, 5.41) is 13.5. The van der Waals surface area contributed by atoms with Crippen LogP contribution in [0.15, 0.2) is 30.6 Å². The van der Waals surface area contributed by atoms with Gasteiger partial charge in [0.25, 0.3) is 0 Å². The van der Waals surface area contributed by atoms with Gasteiger partial charge in [-0.3, -0.25) is 4.68 Å². The molecule has 0 aliphatic rings. The molecule has 0 spiro atoms. The number of nitriles is 1. The first kappa shape index (κ1) is 15.3. The van der Waals surface area contributed by atoms with E-state index in [-0.39, 0.29) is 0 Å². The Labute approximate surface area is 127 Å². The van der Waals surface area contributed by atoms with E-state index in [1.54, 1.807) is 0 Å². The maximum absolute atomic E-state index is 9.02. The van der Waals surface area contributed by atoms with Crippen molar-refractivity contribution in [2.45, 2.75) is 52.5 Å². The Morgan fingerprint density at radius 1 is 1.19 bits per heavy atom. The van der Waals surface area contributed by atoms with Gasteiger partial charge in [0.05, 0.1) is 17.8 Å². The van der Waals surface area contributed by atoms with Crippen LogP contribution in [0.1, 0.15) is 50.2 Å². The standard InChI is InChI=1S/C18H23N3/c1-3-4-5-6-7-10-21-14-17(13-20-21)18-11-16(12-19)9-8-15(18)2/h8-9,11,13-14H,3-7,10H2,1-2H3. The minimum Gasteiger partial charge on any atom is -0.272 e. The molecule has 0 fully saturated rings. The molecule has 2 aromatic rings. The van der Waals surface area contributed by atoms with Gasteiger partial charge < -0.3 is 0 Å². The van der Waals surface area contributed by atoms with E-state index in [0.717, 1.165) is 17.7 Å². The van der Waals surface area contributed by atoms with Crippen molar-refractivity contribution in [2.75, 3.05) is 0 Å². The summed E-state index contributed by atoms with van der Waals surface area (Å²) in [5.74, 6) is 0. The third kappa shape index (κ3) is 4.19. The van der Waals surface area contributed by atoms with Crippen LogP contribution in [-0.2, 0) is 6.54 Å². The number of aryl methyl sites for hydroxylation is 2. The number of rotatable bonds is 7. The Balaban J connectivity index is 2.01. The topological polar surface area (TPSA) is 41.6 Å². The largest absolute Gasteiger partial charge is 0.272 e. The maximum Gasteiger partial charge on any atom is 0.0991 e. The van der Waals surface area contributed by atoms with Gasteiger partial charge in [-0.25, -0.2) is 0 Å². The van der Waals surface area contributed by atoms with E-state index in [1.807, 2.05) is 29.1 Å². The molecule has 1 heterocycles. The highest BCUT2D eigenvalue weighted by molar-refractivity contribution is 5.67. The van der Waals surface area contributed by atoms with Crippen LogP contribution in [-0.4, -0.2) is 9.78 Å². The highest BCUT2D eigenvalue weighted by Gasteiger charge is 2.06. The average Bonchev–Trinajstić information content (AvgIpc) is 2.96. The van der Waals surface area contributed by atoms with Crippen LogP contribution in [0.5, 0.6) is 0 Å². The number of nitrogens with zero attached hydrogens (tertiary/aromatic N) is 3. The molecule has 0 unspecified atom stereocenters. The Bertz CT molecular complexity index is 620. The third-order valence-corrected chi connectivity index (χ3v) is 3.80. The van der Waals surface area contributed by atoms with Crippen molar-refractivity contribution in [1.29, 1.82) is 5.26 Å². The molecular weight excluding hydrogens is 258 g/mol.